The van der Waals surface area contributed by atoms with Gasteiger partial charge in [0.05, 0.1) is 5.92 Å². The van der Waals surface area contributed by atoms with E-state index in [1.165, 1.54) is 36.4 Å². The molecule has 1 heterocycles. The van der Waals surface area contributed by atoms with Crippen molar-refractivity contribution in [1.82, 2.24) is 0 Å². The van der Waals surface area contributed by atoms with E-state index in [1.807, 2.05) is 6.08 Å². The highest BCUT2D eigenvalue weighted by Crippen LogP contribution is 2.53. The minimum Gasteiger partial charge on any atom is -0.508 e. The predicted octanol–water partition coefficient (Wildman–Crippen LogP) is 5.36. The van der Waals surface area contributed by atoms with E-state index in [9.17, 15) is 30.6 Å². The molecule has 2 atom stereocenters. The van der Waals surface area contributed by atoms with Gasteiger partial charge in [-0.1, -0.05) is 30.4 Å². The van der Waals surface area contributed by atoms with E-state index in [-0.39, 0.29) is 34.5 Å². The monoisotopic (exact) mass is 470 g/mol. The largest absolute Gasteiger partial charge is 0.508 e. The number of rotatable bonds is 4. The summed E-state index contributed by atoms with van der Waals surface area (Å²) in [4.78, 5) is 0. The lowest BCUT2D eigenvalue weighted by Gasteiger charge is -2.21. The van der Waals surface area contributed by atoms with Crippen LogP contribution in [0.15, 0.2) is 72.8 Å². The van der Waals surface area contributed by atoms with Gasteiger partial charge in [0.1, 0.15) is 34.9 Å². The van der Waals surface area contributed by atoms with Gasteiger partial charge < -0.3 is 35.4 Å². The Morgan fingerprint density at radius 1 is 0.571 bits per heavy atom. The second-order valence-electron chi connectivity index (χ2n) is 8.42. The smallest absolute Gasteiger partial charge is 0.157 e. The quantitative estimate of drug-likeness (QED) is 0.175. The van der Waals surface area contributed by atoms with E-state index in [0.29, 0.717) is 28.0 Å². The number of aromatic hydroxyl groups is 6. The number of hydrogen-bond acceptors (Lipinski definition) is 7. The van der Waals surface area contributed by atoms with Crippen molar-refractivity contribution in [3.05, 3.63) is 101 Å². The summed E-state index contributed by atoms with van der Waals surface area (Å²) < 4.78 is 6.24. The molecule has 0 spiro atoms. The van der Waals surface area contributed by atoms with Crippen molar-refractivity contribution in [2.75, 3.05) is 0 Å². The fraction of sp³-hybridized carbons (Fsp3) is 0.0714. The minimum atomic E-state index is -0.694. The van der Waals surface area contributed by atoms with Gasteiger partial charge in [0.2, 0.25) is 0 Å². The molecule has 0 saturated heterocycles. The summed E-state index contributed by atoms with van der Waals surface area (Å²) in [5, 5.41) is 60.2. The molecule has 0 unspecified atom stereocenters. The highest BCUT2D eigenvalue weighted by atomic mass is 16.5. The van der Waals surface area contributed by atoms with Gasteiger partial charge in [-0.25, -0.2) is 0 Å². The van der Waals surface area contributed by atoms with Crippen molar-refractivity contribution in [2.45, 2.75) is 12.0 Å². The summed E-state index contributed by atoms with van der Waals surface area (Å²) in [5.41, 5.74) is 3.29. The van der Waals surface area contributed by atoms with Crippen LogP contribution in [0, 0.1) is 0 Å². The summed E-state index contributed by atoms with van der Waals surface area (Å²) >= 11 is 0. The van der Waals surface area contributed by atoms with Crippen LogP contribution in [0.3, 0.4) is 0 Å². The second kappa shape index (κ2) is 8.53. The highest BCUT2D eigenvalue weighted by molar-refractivity contribution is 5.75. The molecule has 0 aliphatic carbocycles. The van der Waals surface area contributed by atoms with Crippen molar-refractivity contribution in [2.24, 2.45) is 0 Å². The van der Waals surface area contributed by atoms with E-state index in [2.05, 4.69) is 0 Å². The fourth-order valence-corrected chi connectivity index (χ4v) is 4.45. The zero-order chi connectivity index (χ0) is 24.7. The maximum absolute atomic E-state index is 10.4. The molecule has 0 radical (unpaired) electrons. The summed E-state index contributed by atoms with van der Waals surface area (Å²) in [7, 11) is 0. The van der Waals surface area contributed by atoms with Gasteiger partial charge in [0, 0.05) is 17.7 Å². The Kier molecular flexibility index (Phi) is 5.37. The van der Waals surface area contributed by atoms with Crippen LogP contribution in [0.4, 0.5) is 0 Å². The number of ether oxygens (including phenoxy) is 1. The third kappa shape index (κ3) is 4.27. The number of phenols is 6. The second-order valence-corrected chi connectivity index (χ2v) is 8.42. The van der Waals surface area contributed by atoms with E-state index in [4.69, 9.17) is 4.74 Å². The molecular weight excluding hydrogens is 448 g/mol. The lowest BCUT2D eigenvalue weighted by atomic mass is 9.82. The molecule has 7 heteroatoms. The van der Waals surface area contributed by atoms with Crippen LogP contribution in [0.1, 0.15) is 39.8 Å². The molecule has 0 fully saturated rings. The van der Waals surface area contributed by atoms with Crippen LogP contribution in [0.25, 0.3) is 12.2 Å². The topological polar surface area (TPSA) is 131 Å². The van der Waals surface area contributed by atoms with E-state index in [1.54, 1.807) is 42.5 Å². The number of benzene rings is 4. The van der Waals surface area contributed by atoms with Crippen molar-refractivity contribution in [3.63, 3.8) is 0 Å². The van der Waals surface area contributed by atoms with Crippen molar-refractivity contribution in [3.8, 4) is 40.2 Å². The van der Waals surface area contributed by atoms with Crippen molar-refractivity contribution < 1.29 is 35.4 Å². The average molecular weight is 470 g/mol. The first-order chi connectivity index (χ1) is 16.8. The first-order valence-corrected chi connectivity index (χ1v) is 10.8. The first-order valence-electron chi connectivity index (χ1n) is 10.8. The summed E-state index contributed by atoms with van der Waals surface area (Å²) in [5.74, 6) is -0.826. The van der Waals surface area contributed by atoms with Gasteiger partial charge in [0.15, 0.2) is 11.5 Å². The molecule has 4 aromatic rings. The van der Waals surface area contributed by atoms with Crippen LogP contribution in [0.2, 0.25) is 0 Å². The summed E-state index contributed by atoms with van der Waals surface area (Å²) in [6.45, 7) is 0. The van der Waals surface area contributed by atoms with Crippen molar-refractivity contribution >= 4 is 12.2 Å². The van der Waals surface area contributed by atoms with Gasteiger partial charge in [-0.2, -0.15) is 0 Å². The van der Waals surface area contributed by atoms with Crippen LogP contribution in [-0.4, -0.2) is 30.6 Å². The number of fused-ring (bicyclic) bond motifs is 1. The minimum absolute atomic E-state index is 0.0131. The number of hydrogen-bond donors (Lipinski definition) is 6. The lowest BCUT2D eigenvalue weighted by molar-refractivity contribution is 0.221. The van der Waals surface area contributed by atoms with E-state index < -0.39 is 12.0 Å². The molecule has 4 aromatic carbocycles. The molecule has 35 heavy (non-hydrogen) atoms. The van der Waals surface area contributed by atoms with E-state index >= 15 is 0 Å². The maximum atomic E-state index is 10.4. The van der Waals surface area contributed by atoms with Gasteiger partial charge in [-0.05, 0) is 64.7 Å². The SMILES string of the molecule is Oc1ccc(/C=C/c2cc(O)cc3c2[C@@H](c2cc(O)cc(O)c2)[C@@H](c2ccc(O)c(O)c2)O3)cc1. The number of phenolic OH excluding ortho intramolecular Hbond substituents is 6. The van der Waals surface area contributed by atoms with Gasteiger partial charge in [-0.15, -0.1) is 0 Å². The highest BCUT2D eigenvalue weighted by Gasteiger charge is 2.39. The Hall–Kier alpha value is -4.78. The van der Waals surface area contributed by atoms with Crippen LogP contribution in [-0.2, 0) is 0 Å². The average Bonchev–Trinajstić information content (AvgIpc) is 3.19. The Labute approximate surface area is 200 Å². The Morgan fingerprint density at radius 3 is 1.94 bits per heavy atom. The first kappa shape index (κ1) is 22.0. The molecular formula is C28H22O7. The standard InChI is InChI=1S/C28H22O7/c29-19-6-2-15(3-7-19)1-4-16-9-22(32)14-25-26(16)27(18-10-20(30)13-21(31)11-18)28(35-25)17-5-8-23(33)24(34)12-17/h1-14,27-34H/b4-1+/t27-,28-/m1/s1. The predicted molar refractivity (Wildman–Crippen MR) is 130 cm³/mol. The maximum Gasteiger partial charge on any atom is 0.157 e. The third-order valence-electron chi connectivity index (χ3n) is 5.99. The van der Waals surface area contributed by atoms with Crippen LogP contribution in [0.5, 0.6) is 40.2 Å². The molecule has 0 saturated carbocycles. The van der Waals surface area contributed by atoms with Gasteiger partial charge in [0.25, 0.3) is 0 Å². The molecule has 1 aliphatic heterocycles. The van der Waals surface area contributed by atoms with Gasteiger partial charge in [-0.3, -0.25) is 0 Å². The fourth-order valence-electron chi connectivity index (χ4n) is 4.45. The van der Waals surface area contributed by atoms with E-state index in [0.717, 1.165) is 5.56 Å². The molecule has 6 N–H and O–H groups in total. The molecule has 1 aliphatic rings. The molecule has 0 amide bonds. The Bertz CT molecular complexity index is 1420. The third-order valence-corrected chi connectivity index (χ3v) is 5.99. The lowest BCUT2D eigenvalue weighted by Crippen LogP contribution is -2.12. The molecule has 176 valence electrons. The Morgan fingerprint density at radius 2 is 1.26 bits per heavy atom. The zero-order valence-electron chi connectivity index (χ0n) is 18.3. The normalized spacial score (nSPS) is 16.8. The van der Waals surface area contributed by atoms with Crippen LogP contribution >= 0.6 is 0 Å². The Balaban J connectivity index is 1.68. The summed E-state index contributed by atoms with van der Waals surface area (Å²) in [6, 6.07) is 18.4. The zero-order valence-corrected chi connectivity index (χ0v) is 18.3. The molecule has 5 rings (SSSR count). The molecule has 0 bridgehead atoms. The van der Waals surface area contributed by atoms with Gasteiger partial charge >= 0.3 is 0 Å². The molecule has 0 aromatic heterocycles. The summed E-state index contributed by atoms with van der Waals surface area (Å²) in [6.07, 6.45) is 2.94. The van der Waals surface area contributed by atoms with Crippen molar-refractivity contribution in [1.29, 1.82) is 0 Å². The molecule has 7 nitrogen and oxygen atoms in total. The van der Waals surface area contributed by atoms with Crippen LogP contribution < -0.4 is 4.74 Å².